The summed E-state index contributed by atoms with van der Waals surface area (Å²) >= 11 is 0. The number of carboxylic acids is 1. The number of halogens is 1. The van der Waals surface area contributed by atoms with Crippen molar-refractivity contribution in [1.29, 1.82) is 0 Å². The molecule has 4 heteroatoms. The van der Waals surface area contributed by atoms with Crippen molar-refractivity contribution in [2.45, 2.75) is 51.3 Å². The zero-order valence-corrected chi connectivity index (χ0v) is 8.59. The van der Waals surface area contributed by atoms with Crippen molar-refractivity contribution in [1.82, 2.24) is 0 Å². The van der Waals surface area contributed by atoms with Gasteiger partial charge in [0, 0.05) is 0 Å². The minimum atomic E-state index is -2.16. The van der Waals surface area contributed by atoms with Gasteiger partial charge in [0.05, 0.1) is 0 Å². The van der Waals surface area contributed by atoms with E-state index in [1.165, 1.54) is 0 Å². The quantitative estimate of drug-likeness (QED) is 0.720. The van der Waals surface area contributed by atoms with E-state index in [9.17, 15) is 14.3 Å². The van der Waals surface area contributed by atoms with Crippen LogP contribution in [0.4, 0.5) is 4.39 Å². The lowest BCUT2D eigenvalue weighted by molar-refractivity contribution is -0.161. The van der Waals surface area contributed by atoms with E-state index in [2.05, 4.69) is 0 Å². The van der Waals surface area contributed by atoms with Crippen molar-refractivity contribution in [3.05, 3.63) is 0 Å². The van der Waals surface area contributed by atoms with Gasteiger partial charge in [0.15, 0.2) is 0 Å². The fourth-order valence-electron chi connectivity index (χ4n) is 2.32. The zero-order valence-electron chi connectivity index (χ0n) is 8.59. The van der Waals surface area contributed by atoms with E-state index in [1.807, 2.05) is 13.8 Å². The van der Waals surface area contributed by atoms with Gasteiger partial charge in [-0.1, -0.05) is 13.8 Å². The van der Waals surface area contributed by atoms with E-state index in [1.54, 1.807) is 0 Å². The second kappa shape index (κ2) is 3.50. The SMILES string of the molecule is CC1(C)CCCC(O)(C(F)C(=O)O)C1. The summed E-state index contributed by atoms with van der Waals surface area (Å²) in [6.45, 7) is 3.84. The first-order valence-electron chi connectivity index (χ1n) is 4.86. The van der Waals surface area contributed by atoms with Crippen molar-refractivity contribution < 1.29 is 19.4 Å². The fourth-order valence-corrected chi connectivity index (χ4v) is 2.32. The van der Waals surface area contributed by atoms with E-state index < -0.39 is 17.7 Å². The largest absolute Gasteiger partial charge is 0.479 e. The summed E-state index contributed by atoms with van der Waals surface area (Å²) in [7, 11) is 0. The molecular formula is C10H17FO3. The average molecular weight is 204 g/mol. The van der Waals surface area contributed by atoms with Crippen molar-refractivity contribution in [3.8, 4) is 0 Å². The van der Waals surface area contributed by atoms with Gasteiger partial charge in [0.2, 0.25) is 6.17 Å². The summed E-state index contributed by atoms with van der Waals surface area (Å²) in [6, 6.07) is 0. The van der Waals surface area contributed by atoms with Crippen LogP contribution in [0.3, 0.4) is 0 Å². The molecule has 1 rings (SSSR count). The normalized spacial score (nSPS) is 33.7. The summed E-state index contributed by atoms with van der Waals surface area (Å²) < 4.78 is 13.3. The zero-order chi connectivity index (χ0) is 11.0. The van der Waals surface area contributed by atoms with Crippen LogP contribution >= 0.6 is 0 Å². The molecule has 0 bridgehead atoms. The third-order valence-electron chi connectivity index (χ3n) is 2.94. The molecule has 1 fully saturated rings. The van der Waals surface area contributed by atoms with Crippen LogP contribution < -0.4 is 0 Å². The van der Waals surface area contributed by atoms with Gasteiger partial charge < -0.3 is 10.2 Å². The lowest BCUT2D eigenvalue weighted by Crippen LogP contribution is -2.49. The number of aliphatic hydroxyl groups is 1. The molecule has 1 aliphatic rings. The van der Waals surface area contributed by atoms with E-state index >= 15 is 0 Å². The molecule has 14 heavy (non-hydrogen) atoms. The highest BCUT2D eigenvalue weighted by Gasteiger charge is 2.47. The Bertz CT molecular complexity index is 240. The predicted octanol–water partition coefficient (Wildman–Crippen LogP) is 1.74. The van der Waals surface area contributed by atoms with Gasteiger partial charge in [-0.15, -0.1) is 0 Å². The van der Waals surface area contributed by atoms with E-state index in [0.29, 0.717) is 6.42 Å². The van der Waals surface area contributed by atoms with E-state index in [-0.39, 0.29) is 18.3 Å². The Hall–Kier alpha value is -0.640. The van der Waals surface area contributed by atoms with Gasteiger partial charge in [0.1, 0.15) is 5.60 Å². The van der Waals surface area contributed by atoms with Gasteiger partial charge in [0.25, 0.3) is 0 Å². The summed E-state index contributed by atoms with van der Waals surface area (Å²) in [5.41, 5.74) is -1.85. The van der Waals surface area contributed by atoms with E-state index in [0.717, 1.165) is 6.42 Å². The first-order valence-corrected chi connectivity index (χ1v) is 4.86. The molecule has 0 amide bonds. The number of aliphatic carboxylic acids is 1. The first kappa shape index (κ1) is 11.4. The molecule has 0 saturated heterocycles. The average Bonchev–Trinajstić information content (AvgIpc) is 2.00. The maximum absolute atomic E-state index is 13.3. The molecule has 0 aromatic heterocycles. The molecule has 1 aliphatic carbocycles. The minimum Gasteiger partial charge on any atom is -0.479 e. The molecule has 2 unspecified atom stereocenters. The number of hydrogen-bond donors (Lipinski definition) is 2. The lowest BCUT2D eigenvalue weighted by Gasteiger charge is -2.41. The Balaban J connectivity index is 2.78. The molecule has 0 aromatic rings. The molecule has 0 radical (unpaired) electrons. The van der Waals surface area contributed by atoms with Gasteiger partial charge in [-0.05, 0) is 31.1 Å². The van der Waals surface area contributed by atoms with Crippen LogP contribution in [0.1, 0.15) is 39.5 Å². The van der Waals surface area contributed by atoms with Crippen LogP contribution in [-0.4, -0.2) is 28.0 Å². The van der Waals surface area contributed by atoms with Crippen LogP contribution in [0, 0.1) is 5.41 Å². The highest BCUT2D eigenvalue weighted by Crippen LogP contribution is 2.43. The van der Waals surface area contributed by atoms with Crippen molar-refractivity contribution >= 4 is 5.97 Å². The van der Waals surface area contributed by atoms with Crippen LogP contribution in [0.5, 0.6) is 0 Å². The van der Waals surface area contributed by atoms with Crippen molar-refractivity contribution in [3.63, 3.8) is 0 Å². The highest BCUT2D eigenvalue weighted by molar-refractivity contribution is 5.73. The van der Waals surface area contributed by atoms with Crippen LogP contribution in [0.25, 0.3) is 0 Å². The molecule has 0 aliphatic heterocycles. The third kappa shape index (κ3) is 2.23. The lowest BCUT2D eigenvalue weighted by atomic mass is 9.68. The summed E-state index contributed by atoms with van der Waals surface area (Å²) in [5, 5.41) is 18.4. The maximum Gasteiger partial charge on any atom is 0.341 e. The molecule has 2 atom stereocenters. The Labute approximate surface area is 82.9 Å². The Morgan fingerprint density at radius 1 is 1.43 bits per heavy atom. The number of rotatable bonds is 2. The van der Waals surface area contributed by atoms with Gasteiger partial charge in [-0.3, -0.25) is 0 Å². The minimum absolute atomic E-state index is 0.174. The maximum atomic E-state index is 13.3. The summed E-state index contributed by atoms with van der Waals surface area (Å²) in [6.07, 6.45) is -0.127. The summed E-state index contributed by atoms with van der Waals surface area (Å²) in [4.78, 5) is 10.5. The second-order valence-corrected chi connectivity index (χ2v) is 5.00. The van der Waals surface area contributed by atoms with Crippen molar-refractivity contribution in [2.75, 3.05) is 0 Å². The first-order chi connectivity index (χ1) is 6.27. The Kier molecular flexibility index (Phi) is 2.86. The number of carbonyl (C=O) groups is 1. The third-order valence-corrected chi connectivity index (χ3v) is 2.94. The van der Waals surface area contributed by atoms with Gasteiger partial charge >= 0.3 is 5.97 Å². The van der Waals surface area contributed by atoms with Gasteiger partial charge in [-0.25, -0.2) is 9.18 Å². The second-order valence-electron chi connectivity index (χ2n) is 5.00. The van der Waals surface area contributed by atoms with Crippen molar-refractivity contribution in [2.24, 2.45) is 5.41 Å². The predicted molar refractivity (Wildman–Crippen MR) is 49.7 cm³/mol. The Morgan fingerprint density at radius 3 is 2.43 bits per heavy atom. The Morgan fingerprint density at radius 2 is 2.00 bits per heavy atom. The van der Waals surface area contributed by atoms with Crippen LogP contribution in [-0.2, 0) is 4.79 Å². The fraction of sp³-hybridized carbons (Fsp3) is 0.900. The molecule has 1 saturated carbocycles. The highest BCUT2D eigenvalue weighted by atomic mass is 19.1. The van der Waals surface area contributed by atoms with Crippen LogP contribution in [0.15, 0.2) is 0 Å². The topological polar surface area (TPSA) is 57.5 Å². The molecule has 82 valence electrons. The molecular weight excluding hydrogens is 187 g/mol. The monoisotopic (exact) mass is 204 g/mol. The van der Waals surface area contributed by atoms with E-state index in [4.69, 9.17) is 5.11 Å². The number of alkyl halides is 1. The molecule has 3 nitrogen and oxygen atoms in total. The number of carboxylic acid groups (broad SMARTS) is 1. The molecule has 0 spiro atoms. The number of hydrogen-bond acceptors (Lipinski definition) is 2. The molecule has 0 aromatic carbocycles. The van der Waals surface area contributed by atoms with Crippen LogP contribution in [0.2, 0.25) is 0 Å². The molecule has 0 heterocycles. The summed E-state index contributed by atoms with van der Waals surface area (Å²) in [5.74, 6) is -1.56. The molecule has 2 N–H and O–H groups in total. The smallest absolute Gasteiger partial charge is 0.341 e. The standard InChI is InChI=1S/C10H17FO3/c1-9(2)4-3-5-10(14,6-9)7(11)8(12)13/h7,14H,3-6H2,1-2H3,(H,12,13). The van der Waals surface area contributed by atoms with Gasteiger partial charge in [-0.2, -0.15) is 0 Å².